The predicted molar refractivity (Wildman–Crippen MR) is 142 cm³/mol. The Kier molecular flexibility index (Phi) is 9.35. The SMILES string of the molecule is Cc1cc(C)c(S(=O)(=O)Nc2ccc(C3(C(=O)NCC4CCCCC4)CC3)cc2)c(C)c1.O=C(O)C(F)(F)F. The fourth-order valence-electron chi connectivity index (χ4n) is 5.22. The molecule has 0 heterocycles. The minimum Gasteiger partial charge on any atom is -0.475 e. The molecule has 2 fully saturated rings. The number of carbonyl (C=O) groups is 2. The van der Waals surface area contributed by atoms with Gasteiger partial charge in [-0.2, -0.15) is 13.2 Å². The number of hydrogen-bond acceptors (Lipinski definition) is 4. The summed E-state index contributed by atoms with van der Waals surface area (Å²) in [6.07, 6.45) is 2.87. The molecule has 4 rings (SSSR count). The molecule has 0 saturated heterocycles. The fourth-order valence-corrected chi connectivity index (χ4v) is 6.74. The molecule has 2 aliphatic carbocycles. The smallest absolute Gasteiger partial charge is 0.475 e. The molecule has 7 nitrogen and oxygen atoms in total. The van der Waals surface area contributed by atoms with Gasteiger partial charge in [-0.3, -0.25) is 9.52 Å². The van der Waals surface area contributed by atoms with E-state index < -0.39 is 27.6 Å². The zero-order valence-electron chi connectivity index (χ0n) is 22.3. The maximum Gasteiger partial charge on any atom is 0.490 e. The lowest BCUT2D eigenvalue weighted by molar-refractivity contribution is -0.192. The molecule has 0 radical (unpaired) electrons. The molecule has 1 amide bonds. The maximum atomic E-state index is 13.0. The Bertz CT molecular complexity index is 1270. The molecule has 0 unspecified atom stereocenters. The van der Waals surface area contributed by atoms with Crippen molar-refractivity contribution in [3.8, 4) is 0 Å². The van der Waals surface area contributed by atoms with Crippen LogP contribution in [-0.2, 0) is 25.0 Å². The van der Waals surface area contributed by atoms with E-state index in [1.165, 1.54) is 32.1 Å². The molecule has 0 bridgehead atoms. The third-order valence-corrected chi connectivity index (χ3v) is 8.95. The van der Waals surface area contributed by atoms with Gasteiger partial charge in [-0.1, -0.05) is 49.1 Å². The van der Waals surface area contributed by atoms with E-state index in [1.807, 2.05) is 45.0 Å². The van der Waals surface area contributed by atoms with Crippen LogP contribution in [0.4, 0.5) is 18.9 Å². The van der Waals surface area contributed by atoms with Crippen molar-refractivity contribution in [1.29, 1.82) is 0 Å². The van der Waals surface area contributed by atoms with Gasteiger partial charge in [-0.15, -0.1) is 0 Å². The number of anilines is 1. The molecular weight excluding hydrogens is 533 g/mol. The number of nitrogens with one attached hydrogen (secondary N) is 2. The van der Waals surface area contributed by atoms with Gasteiger partial charge >= 0.3 is 12.1 Å². The van der Waals surface area contributed by atoms with Crippen LogP contribution < -0.4 is 10.0 Å². The van der Waals surface area contributed by atoms with Crippen molar-refractivity contribution in [3.63, 3.8) is 0 Å². The summed E-state index contributed by atoms with van der Waals surface area (Å²) in [6, 6.07) is 11.1. The molecule has 0 atom stereocenters. The first-order valence-corrected chi connectivity index (χ1v) is 14.4. The second-order valence-electron chi connectivity index (χ2n) is 10.5. The standard InChI is InChI=1S/C26H34N2O3S.C2HF3O2/c1-18-15-19(2)24(20(3)16-18)32(30,31)28-23-11-9-22(10-12-23)26(13-14-26)25(29)27-17-21-7-5-4-6-8-21;3-2(4,5)1(6)7/h9-12,15-16,21,28H,4-8,13-14,17H2,1-3H3,(H,27,29);(H,6,7). The summed E-state index contributed by atoms with van der Waals surface area (Å²) in [5.41, 5.74) is 3.53. The van der Waals surface area contributed by atoms with Crippen LogP contribution >= 0.6 is 0 Å². The quantitative estimate of drug-likeness (QED) is 0.392. The van der Waals surface area contributed by atoms with Crippen LogP contribution in [0, 0.1) is 26.7 Å². The van der Waals surface area contributed by atoms with E-state index in [9.17, 15) is 26.4 Å². The molecule has 11 heteroatoms. The highest BCUT2D eigenvalue weighted by molar-refractivity contribution is 7.92. The minimum atomic E-state index is -5.08. The van der Waals surface area contributed by atoms with Crippen molar-refractivity contribution >= 4 is 27.6 Å². The van der Waals surface area contributed by atoms with Crippen LogP contribution in [0.1, 0.15) is 67.2 Å². The fraction of sp³-hybridized carbons (Fsp3) is 0.500. The minimum absolute atomic E-state index is 0.113. The van der Waals surface area contributed by atoms with Crippen molar-refractivity contribution < 1.29 is 36.3 Å². The number of sulfonamides is 1. The molecular formula is C28H35F3N2O5S. The molecule has 2 aliphatic rings. The molecule has 0 aliphatic heterocycles. The molecule has 214 valence electrons. The van der Waals surface area contributed by atoms with Gasteiger partial charge in [-0.05, 0) is 81.2 Å². The first kappa shape index (κ1) is 30.5. The van der Waals surface area contributed by atoms with Crippen LogP contribution in [0.25, 0.3) is 0 Å². The largest absolute Gasteiger partial charge is 0.490 e. The number of rotatable bonds is 7. The number of alkyl halides is 3. The lowest BCUT2D eigenvalue weighted by Gasteiger charge is -2.23. The molecule has 0 spiro atoms. The Hall–Kier alpha value is -3.08. The second-order valence-corrected chi connectivity index (χ2v) is 12.1. The Balaban J connectivity index is 0.000000532. The van der Waals surface area contributed by atoms with Gasteiger partial charge < -0.3 is 10.4 Å². The summed E-state index contributed by atoms with van der Waals surface area (Å²) in [4.78, 5) is 22.2. The number of halogens is 3. The number of aliphatic carboxylic acids is 1. The summed E-state index contributed by atoms with van der Waals surface area (Å²) in [5, 5.41) is 10.3. The van der Waals surface area contributed by atoms with E-state index >= 15 is 0 Å². The van der Waals surface area contributed by atoms with Gasteiger partial charge in [0.05, 0.1) is 10.3 Å². The topological polar surface area (TPSA) is 113 Å². The number of carbonyl (C=O) groups excluding carboxylic acids is 1. The van der Waals surface area contributed by atoms with Crippen LogP contribution in [-0.4, -0.2) is 38.1 Å². The predicted octanol–water partition coefficient (Wildman–Crippen LogP) is 5.77. The van der Waals surface area contributed by atoms with E-state index in [1.54, 1.807) is 12.1 Å². The summed E-state index contributed by atoms with van der Waals surface area (Å²) in [7, 11) is -3.69. The van der Waals surface area contributed by atoms with Gasteiger partial charge in [0.1, 0.15) is 0 Å². The number of hydrogen-bond donors (Lipinski definition) is 3. The van der Waals surface area contributed by atoms with Crippen LogP contribution in [0.15, 0.2) is 41.3 Å². The molecule has 3 N–H and O–H groups in total. The van der Waals surface area contributed by atoms with Crippen LogP contribution in [0.3, 0.4) is 0 Å². The zero-order valence-corrected chi connectivity index (χ0v) is 23.1. The Morgan fingerprint density at radius 1 is 0.974 bits per heavy atom. The van der Waals surface area contributed by atoms with Crippen LogP contribution in [0.5, 0.6) is 0 Å². The average molecular weight is 569 g/mol. The number of aryl methyl sites for hydroxylation is 3. The second kappa shape index (κ2) is 12.0. The number of amides is 1. The van der Waals surface area contributed by atoms with E-state index in [4.69, 9.17) is 9.90 Å². The first-order valence-electron chi connectivity index (χ1n) is 13.0. The third kappa shape index (κ3) is 7.74. The third-order valence-electron chi connectivity index (χ3n) is 7.27. The Labute approximate surface area is 227 Å². The molecule has 2 saturated carbocycles. The lowest BCUT2D eigenvalue weighted by atomic mass is 9.88. The molecule has 2 aromatic rings. The first-order chi connectivity index (χ1) is 18.2. The van der Waals surface area contributed by atoms with Crippen molar-refractivity contribution in [3.05, 3.63) is 58.7 Å². The van der Waals surface area contributed by atoms with Crippen molar-refractivity contribution in [2.45, 2.75) is 82.2 Å². The van der Waals surface area contributed by atoms with E-state index in [0.717, 1.165) is 41.6 Å². The number of carboxylic acid groups (broad SMARTS) is 1. The van der Waals surface area contributed by atoms with E-state index in [-0.39, 0.29) is 5.91 Å². The Morgan fingerprint density at radius 3 is 1.95 bits per heavy atom. The van der Waals surface area contributed by atoms with Gasteiger partial charge in [0, 0.05) is 12.2 Å². The monoisotopic (exact) mass is 568 g/mol. The summed E-state index contributed by atoms with van der Waals surface area (Å²) >= 11 is 0. The highest BCUT2D eigenvalue weighted by atomic mass is 32.2. The Morgan fingerprint density at radius 2 is 1.49 bits per heavy atom. The van der Waals surface area contributed by atoms with Gasteiger partial charge in [0.2, 0.25) is 5.91 Å². The summed E-state index contributed by atoms with van der Waals surface area (Å²) < 4.78 is 60.5. The highest BCUT2D eigenvalue weighted by Gasteiger charge is 2.51. The van der Waals surface area contributed by atoms with Crippen molar-refractivity contribution in [1.82, 2.24) is 5.32 Å². The lowest BCUT2D eigenvalue weighted by Crippen LogP contribution is -2.38. The van der Waals surface area contributed by atoms with Gasteiger partial charge in [0.15, 0.2) is 0 Å². The van der Waals surface area contributed by atoms with Gasteiger partial charge in [0.25, 0.3) is 10.0 Å². The zero-order chi connectivity index (χ0) is 29.0. The molecule has 0 aromatic heterocycles. The van der Waals surface area contributed by atoms with E-state index in [0.29, 0.717) is 16.5 Å². The highest BCUT2D eigenvalue weighted by Crippen LogP contribution is 2.48. The van der Waals surface area contributed by atoms with E-state index in [2.05, 4.69) is 10.0 Å². The number of benzene rings is 2. The van der Waals surface area contributed by atoms with Gasteiger partial charge in [-0.25, -0.2) is 13.2 Å². The normalized spacial score (nSPS) is 17.0. The number of carboxylic acids is 1. The van der Waals surface area contributed by atoms with Crippen molar-refractivity contribution in [2.75, 3.05) is 11.3 Å². The maximum absolute atomic E-state index is 13.0. The van der Waals surface area contributed by atoms with Crippen molar-refractivity contribution in [2.24, 2.45) is 5.92 Å². The molecule has 2 aromatic carbocycles. The average Bonchev–Trinajstić information content (AvgIpc) is 3.64. The van der Waals surface area contributed by atoms with Crippen LogP contribution in [0.2, 0.25) is 0 Å². The summed E-state index contributed by atoms with van der Waals surface area (Å²) in [5.74, 6) is -2.04. The summed E-state index contributed by atoms with van der Waals surface area (Å²) in [6.45, 7) is 6.37. The molecule has 39 heavy (non-hydrogen) atoms.